The maximum absolute atomic E-state index is 13.2. The van der Waals surface area contributed by atoms with E-state index >= 15 is 0 Å². The van der Waals surface area contributed by atoms with E-state index < -0.39 is 0 Å². The number of ether oxygens (including phenoxy) is 1. The second-order valence-corrected chi connectivity index (χ2v) is 8.23. The van der Waals surface area contributed by atoms with Crippen molar-refractivity contribution < 1.29 is 9.13 Å². The number of likely N-dealkylation sites (tertiary alicyclic amines) is 1. The molecular formula is C25H32FN3O. The smallest absolute Gasteiger partial charge is 0.123 e. The van der Waals surface area contributed by atoms with E-state index in [9.17, 15) is 4.39 Å². The Labute approximate surface area is 179 Å². The summed E-state index contributed by atoms with van der Waals surface area (Å²) in [6.45, 7) is 7.51. The maximum Gasteiger partial charge on any atom is 0.123 e. The summed E-state index contributed by atoms with van der Waals surface area (Å²) in [5, 5.41) is 0. The molecule has 2 aliphatic rings. The van der Waals surface area contributed by atoms with E-state index in [4.69, 9.17) is 4.74 Å². The Bertz CT molecular complexity index is 813. The monoisotopic (exact) mass is 409 g/mol. The molecule has 2 aromatic carbocycles. The summed E-state index contributed by atoms with van der Waals surface area (Å²) in [4.78, 5) is 7.59. The summed E-state index contributed by atoms with van der Waals surface area (Å²) in [5.41, 5.74) is 2.34. The van der Waals surface area contributed by atoms with Crippen LogP contribution >= 0.6 is 0 Å². The molecule has 1 atom stereocenters. The van der Waals surface area contributed by atoms with Gasteiger partial charge in [0.25, 0.3) is 0 Å². The number of halogens is 1. The van der Waals surface area contributed by atoms with Crippen molar-refractivity contribution in [2.45, 2.75) is 18.9 Å². The molecule has 2 heterocycles. The summed E-state index contributed by atoms with van der Waals surface area (Å²) in [6.07, 6.45) is 7.02. The molecule has 0 bridgehead atoms. The Morgan fingerprint density at radius 3 is 2.40 bits per heavy atom. The van der Waals surface area contributed by atoms with Crippen molar-refractivity contribution >= 4 is 11.8 Å². The number of piperidine rings is 1. The first-order chi connectivity index (χ1) is 14.7. The number of hydrogen-bond acceptors (Lipinski definition) is 4. The third-order valence-electron chi connectivity index (χ3n) is 6.29. The van der Waals surface area contributed by atoms with Crippen LogP contribution in [0.25, 0.3) is 6.08 Å². The van der Waals surface area contributed by atoms with Gasteiger partial charge in [0.05, 0.1) is 7.11 Å². The molecule has 2 saturated heterocycles. The normalized spacial score (nSPS) is 21.3. The SMILES string of the molecule is COc1ccc(C=CCN2CCCC(N3CCN(c4ccc(F)cc4)CC3)C2)cc1. The minimum absolute atomic E-state index is 0.166. The van der Waals surface area contributed by atoms with E-state index in [0.29, 0.717) is 6.04 Å². The molecule has 1 unspecified atom stereocenters. The number of anilines is 1. The van der Waals surface area contributed by atoms with Gasteiger partial charge in [-0.3, -0.25) is 9.80 Å². The average molecular weight is 410 g/mol. The van der Waals surface area contributed by atoms with Crippen molar-refractivity contribution in [2.75, 3.05) is 57.8 Å². The van der Waals surface area contributed by atoms with Crippen molar-refractivity contribution in [1.82, 2.24) is 9.80 Å². The van der Waals surface area contributed by atoms with Crippen LogP contribution in [0.5, 0.6) is 5.75 Å². The van der Waals surface area contributed by atoms with Crippen LogP contribution in [-0.4, -0.2) is 68.8 Å². The zero-order valence-electron chi connectivity index (χ0n) is 17.8. The van der Waals surface area contributed by atoms with E-state index in [1.54, 1.807) is 19.2 Å². The van der Waals surface area contributed by atoms with Crippen LogP contribution in [0.3, 0.4) is 0 Å². The van der Waals surface area contributed by atoms with Crippen molar-refractivity contribution in [3.63, 3.8) is 0 Å². The molecule has 0 amide bonds. The maximum atomic E-state index is 13.2. The second kappa shape index (κ2) is 10.1. The number of rotatable bonds is 6. The molecule has 4 rings (SSSR count). The van der Waals surface area contributed by atoms with Crippen LogP contribution in [0.4, 0.5) is 10.1 Å². The Morgan fingerprint density at radius 2 is 1.70 bits per heavy atom. The number of piperazine rings is 1. The molecule has 30 heavy (non-hydrogen) atoms. The highest BCUT2D eigenvalue weighted by atomic mass is 19.1. The quantitative estimate of drug-likeness (QED) is 0.714. The van der Waals surface area contributed by atoms with E-state index in [-0.39, 0.29) is 5.82 Å². The lowest BCUT2D eigenvalue weighted by Crippen LogP contribution is -2.55. The highest BCUT2D eigenvalue weighted by Crippen LogP contribution is 2.21. The summed E-state index contributed by atoms with van der Waals surface area (Å²) in [6, 6.07) is 15.7. The highest BCUT2D eigenvalue weighted by molar-refractivity contribution is 5.50. The molecule has 2 fully saturated rings. The van der Waals surface area contributed by atoms with Gasteiger partial charge in [0, 0.05) is 51.0 Å². The van der Waals surface area contributed by atoms with Gasteiger partial charge >= 0.3 is 0 Å². The second-order valence-electron chi connectivity index (χ2n) is 8.23. The van der Waals surface area contributed by atoms with Gasteiger partial charge in [0.2, 0.25) is 0 Å². The summed E-state index contributed by atoms with van der Waals surface area (Å²) < 4.78 is 18.4. The Morgan fingerprint density at radius 1 is 0.967 bits per heavy atom. The molecule has 0 radical (unpaired) electrons. The summed E-state index contributed by atoms with van der Waals surface area (Å²) in [7, 11) is 1.69. The van der Waals surface area contributed by atoms with Crippen molar-refractivity contribution in [2.24, 2.45) is 0 Å². The van der Waals surface area contributed by atoms with Crippen molar-refractivity contribution in [3.05, 3.63) is 66.0 Å². The fourth-order valence-electron chi connectivity index (χ4n) is 4.55. The van der Waals surface area contributed by atoms with E-state index in [1.807, 2.05) is 24.3 Å². The number of methoxy groups -OCH3 is 1. The van der Waals surface area contributed by atoms with E-state index in [0.717, 1.165) is 50.7 Å². The zero-order valence-corrected chi connectivity index (χ0v) is 17.8. The fourth-order valence-corrected chi connectivity index (χ4v) is 4.55. The molecule has 0 N–H and O–H groups in total. The minimum atomic E-state index is -0.166. The first kappa shape index (κ1) is 20.9. The van der Waals surface area contributed by atoms with Gasteiger partial charge in [-0.25, -0.2) is 4.39 Å². The van der Waals surface area contributed by atoms with Gasteiger partial charge in [0.15, 0.2) is 0 Å². The molecule has 5 heteroatoms. The van der Waals surface area contributed by atoms with Crippen molar-refractivity contribution in [1.29, 1.82) is 0 Å². The lowest BCUT2D eigenvalue weighted by molar-refractivity contribution is 0.0991. The van der Waals surface area contributed by atoms with Gasteiger partial charge in [-0.05, 0) is 61.3 Å². The molecule has 160 valence electrons. The van der Waals surface area contributed by atoms with Gasteiger partial charge < -0.3 is 9.64 Å². The Balaban J connectivity index is 1.24. The van der Waals surface area contributed by atoms with Gasteiger partial charge in [-0.2, -0.15) is 0 Å². The molecule has 2 aliphatic heterocycles. The first-order valence-corrected chi connectivity index (χ1v) is 11.0. The Kier molecular flexibility index (Phi) is 7.03. The molecular weight excluding hydrogens is 377 g/mol. The van der Waals surface area contributed by atoms with Gasteiger partial charge in [-0.15, -0.1) is 0 Å². The lowest BCUT2D eigenvalue weighted by Gasteiger charge is -2.43. The summed E-state index contributed by atoms with van der Waals surface area (Å²) in [5.74, 6) is 0.728. The topological polar surface area (TPSA) is 19.0 Å². The van der Waals surface area contributed by atoms with E-state index in [2.05, 4.69) is 39.0 Å². The largest absolute Gasteiger partial charge is 0.497 e. The van der Waals surface area contributed by atoms with Crippen LogP contribution in [0.2, 0.25) is 0 Å². The molecule has 0 aromatic heterocycles. The van der Waals surface area contributed by atoms with Gasteiger partial charge in [-0.1, -0.05) is 24.3 Å². The minimum Gasteiger partial charge on any atom is -0.497 e. The Hall–Kier alpha value is -2.37. The fraction of sp³-hybridized carbons (Fsp3) is 0.440. The third-order valence-corrected chi connectivity index (χ3v) is 6.29. The summed E-state index contributed by atoms with van der Waals surface area (Å²) >= 11 is 0. The van der Waals surface area contributed by atoms with E-state index in [1.165, 1.54) is 24.9 Å². The standard InChI is InChI=1S/C25H32FN3O/c1-30-25-12-6-21(7-13-25)4-2-14-27-15-3-5-24(20-27)29-18-16-28(17-19-29)23-10-8-22(26)9-11-23/h2,4,6-13,24H,3,5,14-20H2,1H3. The first-order valence-electron chi connectivity index (χ1n) is 11.0. The molecule has 0 spiro atoms. The van der Waals surface area contributed by atoms with Crippen LogP contribution < -0.4 is 9.64 Å². The average Bonchev–Trinajstić information content (AvgIpc) is 2.80. The van der Waals surface area contributed by atoms with Gasteiger partial charge in [0.1, 0.15) is 11.6 Å². The van der Waals surface area contributed by atoms with Crippen molar-refractivity contribution in [3.8, 4) is 5.75 Å². The van der Waals surface area contributed by atoms with Crippen LogP contribution in [0.1, 0.15) is 18.4 Å². The predicted octanol–water partition coefficient (Wildman–Crippen LogP) is 4.13. The lowest BCUT2D eigenvalue weighted by atomic mass is 10.0. The van der Waals surface area contributed by atoms with Crippen LogP contribution in [0, 0.1) is 5.82 Å². The number of benzene rings is 2. The van der Waals surface area contributed by atoms with Crippen LogP contribution in [0.15, 0.2) is 54.6 Å². The molecule has 4 nitrogen and oxygen atoms in total. The third kappa shape index (κ3) is 5.41. The zero-order chi connectivity index (χ0) is 20.8. The predicted molar refractivity (Wildman–Crippen MR) is 122 cm³/mol. The number of nitrogens with zero attached hydrogens (tertiary/aromatic N) is 3. The molecule has 0 aliphatic carbocycles. The highest BCUT2D eigenvalue weighted by Gasteiger charge is 2.27. The van der Waals surface area contributed by atoms with Crippen LogP contribution in [-0.2, 0) is 0 Å². The number of hydrogen-bond donors (Lipinski definition) is 0. The molecule has 0 saturated carbocycles. The molecule has 2 aromatic rings.